The van der Waals surface area contributed by atoms with E-state index >= 15 is 0 Å². The van der Waals surface area contributed by atoms with Gasteiger partial charge in [-0.2, -0.15) is 0 Å². The minimum Gasteiger partial charge on any atom is -0.321 e. The molecule has 0 saturated heterocycles. The molecule has 2 aromatic rings. The SMILES string of the molecule is O=C1Nc2cc(F)c(F)cc2C1=Cc1ccccc1F. The Morgan fingerprint density at radius 1 is 0.950 bits per heavy atom. The first-order valence-electron chi connectivity index (χ1n) is 5.83. The maximum atomic E-state index is 13.6. The summed E-state index contributed by atoms with van der Waals surface area (Å²) in [4.78, 5) is 11.8. The van der Waals surface area contributed by atoms with Crippen molar-refractivity contribution in [2.45, 2.75) is 0 Å². The third-order valence-corrected chi connectivity index (χ3v) is 3.05. The average Bonchev–Trinajstić information content (AvgIpc) is 2.69. The van der Waals surface area contributed by atoms with E-state index in [1.165, 1.54) is 24.3 Å². The molecule has 1 aliphatic rings. The highest BCUT2D eigenvalue weighted by molar-refractivity contribution is 6.34. The molecule has 20 heavy (non-hydrogen) atoms. The first kappa shape index (κ1) is 12.5. The van der Waals surface area contributed by atoms with E-state index in [-0.39, 0.29) is 22.4 Å². The molecule has 5 heteroatoms. The monoisotopic (exact) mass is 275 g/mol. The van der Waals surface area contributed by atoms with E-state index in [0.717, 1.165) is 12.1 Å². The van der Waals surface area contributed by atoms with Crippen molar-refractivity contribution in [3.8, 4) is 0 Å². The number of rotatable bonds is 1. The fourth-order valence-electron chi connectivity index (χ4n) is 2.08. The highest BCUT2D eigenvalue weighted by atomic mass is 19.2. The van der Waals surface area contributed by atoms with Gasteiger partial charge in [0, 0.05) is 22.8 Å². The fraction of sp³-hybridized carbons (Fsp3) is 0. The molecule has 3 rings (SSSR count). The van der Waals surface area contributed by atoms with Crippen LogP contribution in [0.1, 0.15) is 11.1 Å². The quantitative estimate of drug-likeness (QED) is 0.792. The van der Waals surface area contributed by atoms with E-state index in [9.17, 15) is 18.0 Å². The zero-order valence-electron chi connectivity index (χ0n) is 10.1. The van der Waals surface area contributed by atoms with Crippen molar-refractivity contribution >= 4 is 23.2 Å². The van der Waals surface area contributed by atoms with E-state index in [1.54, 1.807) is 6.07 Å². The van der Waals surface area contributed by atoms with Crippen molar-refractivity contribution in [1.82, 2.24) is 0 Å². The van der Waals surface area contributed by atoms with Gasteiger partial charge in [0.05, 0.1) is 5.69 Å². The third kappa shape index (κ3) is 1.97. The largest absolute Gasteiger partial charge is 0.321 e. The van der Waals surface area contributed by atoms with Gasteiger partial charge in [0.2, 0.25) is 0 Å². The molecule has 0 bridgehead atoms. The van der Waals surface area contributed by atoms with E-state index in [4.69, 9.17) is 0 Å². The summed E-state index contributed by atoms with van der Waals surface area (Å²) in [5.74, 6) is -3.12. The highest BCUT2D eigenvalue weighted by Gasteiger charge is 2.26. The highest BCUT2D eigenvalue weighted by Crippen LogP contribution is 2.34. The van der Waals surface area contributed by atoms with Crippen LogP contribution in [0.25, 0.3) is 11.6 Å². The minimum atomic E-state index is -1.06. The Kier molecular flexibility index (Phi) is 2.82. The lowest BCUT2D eigenvalue weighted by atomic mass is 10.0. The normalized spacial score (nSPS) is 15.3. The summed E-state index contributed by atoms with van der Waals surface area (Å²) >= 11 is 0. The van der Waals surface area contributed by atoms with Crippen LogP contribution >= 0.6 is 0 Å². The average molecular weight is 275 g/mol. The summed E-state index contributed by atoms with van der Waals surface area (Å²) in [7, 11) is 0. The number of benzene rings is 2. The van der Waals surface area contributed by atoms with Crippen molar-refractivity contribution in [2.75, 3.05) is 5.32 Å². The van der Waals surface area contributed by atoms with Gasteiger partial charge in [-0.25, -0.2) is 13.2 Å². The predicted octanol–water partition coefficient (Wildman–Crippen LogP) is 3.60. The molecule has 100 valence electrons. The Morgan fingerprint density at radius 3 is 2.40 bits per heavy atom. The van der Waals surface area contributed by atoms with Crippen LogP contribution in [0.2, 0.25) is 0 Å². The van der Waals surface area contributed by atoms with Gasteiger partial charge in [-0.05, 0) is 18.2 Å². The van der Waals surface area contributed by atoms with Crippen LogP contribution in [0.4, 0.5) is 18.9 Å². The summed E-state index contributed by atoms with van der Waals surface area (Å²) < 4.78 is 40.0. The minimum absolute atomic E-state index is 0.101. The van der Waals surface area contributed by atoms with Gasteiger partial charge in [0.25, 0.3) is 5.91 Å². The van der Waals surface area contributed by atoms with Gasteiger partial charge in [0.15, 0.2) is 11.6 Å². The Labute approximate surface area is 112 Å². The topological polar surface area (TPSA) is 29.1 Å². The second-order valence-corrected chi connectivity index (χ2v) is 4.35. The number of hydrogen-bond acceptors (Lipinski definition) is 1. The Morgan fingerprint density at radius 2 is 1.65 bits per heavy atom. The molecule has 1 aliphatic heterocycles. The summed E-state index contributed by atoms with van der Waals surface area (Å²) in [6.07, 6.45) is 1.31. The zero-order chi connectivity index (χ0) is 14.3. The summed E-state index contributed by atoms with van der Waals surface area (Å²) in [6, 6.07) is 7.72. The van der Waals surface area contributed by atoms with Crippen LogP contribution < -0.4 is 5.32 Å². The Hall–Kier alpha value is -2.56. The number of nitrogens with one attached hydrogen (secondary N) is 1. The molecule has 0 atom stereocenters. The maximum absolute atomic E-state index is 13.6. The van der Waals surface area contributed by atoms with Crippen LogP contribution in [0.5, 0.6) is 0 Å². The molecule has 1 heterocycles. The predicted molar refractivity (Wildman–Crippen MR) is 69.3 cm³/mol. The fourth-order valence-corrected chi connectivity index (χ4v) is 2.08. The number of carbonyl (C=O) groups is 1. The van der Waals surface area contributed by atoms with E-state index in [2.05, 4.69) is 5.32 Å². The van der Waals surface area contributed by atoms with Crippen LogP contribution in [-0.4, -0.2) is 5.91 Å². The lowest BCUT2D eigenvalue weighted by Gasteiger charge is -2.01. The second kappa shape index (κ2) is 4.52. The molecule has 2 nitrogen and oxygen atoms in total. The van der Waals surface area contributed by atoms with Crippen molar-refractivity contribution in [3.63, 3.8) is 0 Å². The molecule has 0 unspecified atom stereocenters. The second-order valence-electron chi connectivity index (χ2n) is 4.35. The van der Waals surface area contributed by atoms with Crippen LogP contribution in [0, 0.1) is 17.5 Å². The number of anilines is 1. The first-order valence-corrected chi connectivity index (χ1v) is 5.83. The number of halogens is 3. The molecule has 0 aromatic heterocycles. The molecular formula is C15H8F3NO. The van der Waals surface area contributed by atoms with Crippen molar-refractivity contribution in [1.29, 1.82) is 0 Å². The number of fused-ring (bicyclic) bond motifs is 1. The van der Waals surface area contributed by atoms with Gasteiger partial charge in [-0.3, -0.25) is 4.79 Å². The van der Waals surface area contributed by atoms with Crippen molar-refractivity contribution < 1.29 is 18.0 Å². The zero-order valence-corrected chi connectivity index (χ0v) is 10.1. The standard InChI is InChI=1S/C15H8F3NO/c16-11-4-2-1-3-8(11)5-10-9-6-12(17)13(18)7-14(9)19-15(10)20/h1-7H,(H,19,20). The van der Waals surface area contributed by atoms with E-state index in [0.29, 0.717) is 0 Å². The van der Waals surface area contributed by atoms with Crippen LogP contribution in [-0.2, 0) is 4.79 Å². The van der Waals surface area contributed by atoms with Crippen LogP contribution in [0.15, 0.2) is 36.4 Å². The van der Waals surface area contributed by atoms with Gasteiger partial charge in [-0.15, -0.1) is 0 Å². The van der Waals surface area contributed by atoms with E-state index in [1.807, 2.05) is 0 Å². The molecule has 0 fully saturated rings. The van der Waals surface area contributed by atoms with Crippen molar-refractivity contribution in [2.24, 2.45) is 0 Å². The number of hydrogen-bond donors (Lipinski definition) is 1. The molecule has 1 N–H and O–H groups in total. The Balaban J connectivity index is 2.15. The van der Waals surface area contributed by atoms with Crippen LogP contribution in [0.3, 0.4) is 0 Å². The number of amides is 1. The van der Waals surface area contributed by atoms with Crippen molar-refractivity contribution in [3.05, 3.63) is 65.0 Å². The molecule has 0 radical (unpaired) electrons. The van der Waals surface area contributed by atoms with E-state index < -0.39 is 23.4 Å². The molecule has 0 saturated carbocycles. The van der Waals surface area contributed by atoms with Gasteiger partial charge in [0.1, 0.15) is 5.82 Å². The summed E-state index contributed by atoms with van der Waals surface area (Å²) in [6.45, 7) is 0. The maximum Gasteiger partial charge on any atom is 0.256 e. The molecule has 2 aromatic carbocycles. The lowest BCUT2D eigenvalue weighted by molar-refractivity contribution is -0.110. The summed E-state index contributed by atoms with van der Waals surface area (Å²) in [5, 5.41) is 2.42. The van der Waals surface area contributed by atoms with Gasteiger partial charge < -0.3 is 5.32 Å². The van der Waals surface area contributed by atoms with Gasteiger partial charge >= 0.3 is 0 Å². The van der Waals surface area contributed by atoms with Gasteiger partial charge in [-0.1, -0.05) is 18.2 Å². The molecule has 0 spiro atoms. The summed E-state index contributed by atoms with van der Waals surface area (Å²) in [5.41, 5.74) is 0.702. The molecular weight excluding hydrogens is 267 g/mol. The smallest absolute Gasteiger partial charge is 0.256 e. The molecule has 1 amide bonds. The Bertz CT molecular complexity index is 753. The molecule has 0 aliphatic carbocycles. The number of carbonyl (C=O) groups excluding carboxylic acids is 1. The third-order valence-electron chi connectivity index (χ3n) is 3.05. The first-order chi connectivity index (χ1) is 9.56. The lowest BCUT2D eigenvalue weighted by Crippen LogP contribution is -2.03.